The molecule has 0 radical (unpaired) electrons. The highest BCUT2D eigenvalue weighted by molar-refractivity contribution is 6.31. The van der Waals surface area contributed by atoms with E-state index in [-0.39, 0.29) is 5.78 Å². The third-order valence-corrected chi connectivity index (χ3v) is 1.91. The van der Waals surface area contributed by atoms with Crippen LogP contribution in [0.1, 0.15) is 24.2 Å². The molecule has 0 aromatic heterocycles. The van der Waals surface area contributed by atoms with Crippen LogP contribution in [0.15, 0.2) is 24.3 Å². The van der Waals surface area contributed by atoms with Crippen LogP contribution >= 0.6 is 11.6 Å². The SMILES string of the molecule is CC(C)(N)C(=O)c1cccc(Cl)c1. The van der Waals surface area contributed by atoms with Crippen molar-refractivity contribution in [3.05, 3.63) is 34.9 Å². The van der Waals surface area contributed by atoms with Gasteiger partial charge in [-0.15, -0.1) is 0 Å². The highest BCUT2D eigenvalue weighted by atomic mass is 35.5. The molecule has 0 spiro atoms. The molecule has 0 heterocycles. The van der Waals surface area contributed by atoms with E-state index in [1.807, 2.05) is 0 Å². The van der Waals surface area contributed by atoms with Gasteiger partial charge in [0, 0.05) is 10.6 Å². The van der Waals surface area contributed by atoms with Gasteiger partial charge in [-0.25, -0.2) is 0 Å². The van der Waals surface area contributed by atoms with Crippen LogP contribution in [-0.4, -0.2) is 11.3 Å². The van der Waals surface area contributed by atoms with Crippen molar-refractivity contribution in [3.8, 4) is 0 Å². The van der Waals surface area contributed by atoms with Crippen LogP contribution in [0.3, 0.4) is 0 Å². The second kappa shape index (κ2) is 3.48. The van der Waals surface area contributed by atoms with Gasteiger partial charge in [-0.2, -0.15) is 0 Å². The molecule has 0 bridgehead atoms. The number of ketones is 1. The summed E-state index contributed by atoms with van der Waals surface area (Å²) in [4.78, 5) is 11.6. The standard InChI is InChI=1S/C10H12ClNO/c1-10(2,12)9(13)7-4-3-5-8(11)6-7/h3-6H,12H2,1-2H3. The van der Waals surface area contributed by atoms with Gasteiger partial charge >= 0.3 is 0 Å². The molecule has 2 N–H and O–H groups in total. The second-order valence-corrected chi connectivity index (χ2v) is 4.00. The Morgan fingerprint density at radius 2 is 2.08 bits per heavy atom. The Bertz CT molecular complexity index is 328. The molecule has 1 aromatic carbocycles. The number of carbonyl (C=O) groups excluding carboxylic acids is 1. The number of benzene rings is 1. The van der Waals surface area contributed by atoms with Crippen molar-refractivity contribution in [2.24, 2.45) is 5.73 Å². The van der Waals surface area contributed by atoms with E-state index >= 15 is 0 Å². The van der Waals surface area contributed by atoms with Crippen LogP contribution in [0.25, 0.3) is 0 Å². The van der Waals surface area contributed by atoms with Crippen LogP contribution in [0.5, 0.6) is 0 Å². The van der Waals surface area contributed by atoms with Gasteiger partial charge in [0.2, 0.25) is 0 Å². The van der Waals surface area contributed by atoms with E-state index in [0.29, 0.717) is 10.6 Å². The minimum atomic E-state index is -0.843. The maximum Gasteiger partial charge on any atom is 0.182 e. The van der Waals surface area contributed by atoms with Gasteiger partial charge in [0.1, 0.15) is 0 Å². The zero-order valence-corrected chi connectivity index (χ0v) is 8.43. The molecule has 0 fully saturated rings. The van der Waals surface area contributed by atoms with E-state index in [1.54, 1.807) is 38.1 Å². The minimum absolute atomic E-state index is 0.102. The van der Waals surface area contributed by atoms with E-state index in [2.05, 4.69) is 0 Å². The first-order valence-corrected chi connectivity index (χ1v) is 4.38. The normalized spacial score (nSPS) is 11.4. The summed E-state index contributed by atoms with van der Waals surface area (Å²) in [7, 11) is 0. The van der Waals surface area contributed by atoms with Crippen molar-refractivity contribution in [3.63, 3.8) is 0 Å². The largest absolute Gasteiger partial charge is 0.319 e. The Balaban J connectivity index is 3.03. The molecule has 0 aliphatic carbocycles. The van der Waals surface area contributed by atoms with Crippen molar-refractivity contribution in [2.75, 3.05) is 0 Å². The lowest BCUT2D eigenvalue weighted by Gasteiger charge is -2.16. The summed E-state index contributed by atoms with van der Waals surface area (Å²) >= 11 is 5.75. The molecule has 0 aliphatic heterocycles. The summed E-state index contributed by atoms with van der Waals surface area (Å²) in [6.45, 7) is 3.35. The summed E-state index contributed by atoms with van der Waals surface area (Å²) in [6, 6.07) is 6.80. The summed E-state index contributed by atoms with van der Waals surface area (Å²) in [5, 5.41) is 0.551. The second-order valence-electron chi connectivity index (χ2n) is 3.56. The molecule has 0 amide bonds. The van der Waals surface area contributed by atoms with E-state index in [1.165, 1.54) is 0 Å². The smallest absolute Gasteiger partial charge is 0.182 e. The van der Waals surface area contributed by atoms with Crippen LogP contribution in [-0.2, 0) is 0 Å². The van der Waals surface area contributed by atoms with Crippen molar-refractivity contribution in [1.82, 2.24) is 0 Å². The van der Waals surface area contributed by atoms with Gasteiger partial charge < -0.3 is 5.73 Å². The summed E-state index contributed by atoms with van der Waals surface area (Å²) in [5.74, 6) is -0.102. The van der Waals surface area contributed by atoms with Crippen LogP contribution in [0.4, 0.5) is 0 Å². The van der Waals surface area contributed by atoms with E-state index < -0.39 is 5.54 Å². The molecule has 0 saturated heterocycles. The first kappa shape index (κ1) is 10.2. The van der Waals surface area contributed by atoms with Gasteiger partial charge in [0.05, 0.1) is 5.54 Å². The number of nitrogens with two attached hydrogens (primary N) is 1. The lowest BCUT2D eigenvalue weighted by atomic mass is 9.95. The van der Waals surface area contributed by atoms with Crippen molar-refractivity contribution in [2.45, 2.75) is 19.4 Å². The molecule has 1 aromatic rings. The molecule has 70 valence electrons. The number of halogens is 1. The van der Waals surface area contributed by atoms with Gasteiger partial charge in [0.15, 0.2) is 5.78 Å². The topological polar surface area (TPSA) is 43.1 Å². The molecule has 2 nitrogen and oxygen atoms in total. The van der Waals surface area contributed by atoms with E-state index in [9.17, 15) is 4.79 Å². The average molecular weight is 198 g/mol. The zero-order chi connectivity index (χ0) is 10.1. The van der Waals surface area contributed by atoms with Crippen molar-refractivity contribution >= 4 is 17.4 Å². The Morgan fingerprint density at radius 3 is 2.54 bits per heavy atom. The highest BCUT2D eigenvalue weighted by Crippen LogP contribution is 2.15. The molecule has 0 unspecified atom stereocenters. The number of hydrogen-bond donors (Lipinski definition) is 1. The predicted octanol–water partition coefficient (Wildman–Crippen LogP) is 2.26. The predicted molar refractivity (Wildman–Crippen MR) is 54.0 cm³/mol. The maximum atomic E-state index is 11.6. The minimum Gasteiger partial charge on any atom is -0.319 e. The lowest BCUT2D eigenvalue weighted by Crippen LogP contribution is -2.41. The molecular weight excluding hydrogens is 186 g/mol. The average Bonchev–Trinajstić information content (AvgIpc) is 2.01. The Morgan fingerprint density at radius 1 is 1.46 bits per heavy atom. The van der Waals surface area contributed by atoms with Crippen LogP contribution < -0.4 is 5.73 Å². The molecule has 0 aliphatic rings. The molecule has 0 atom stereocenters. The third-order valence-electron chi connectivity index (χ3n) is 1.67. The number of hydrogen-bond acceptors (Lipinski definition) is 2. The van der Waals surface area contributed by atoms with Crippen LogP contribution in [0, 0.1) is 0 Å². The Kier molecular flexibility index (Phi) is 2.74. The first-order valence-electron chi connectivity index (χ1n) is 4.00. The molecular formula is C10H12ClNO. The fourth-order valence-corrected chi connectivity index (χ4v) is 1.19. The first-order chi connectivity index (χ1) is 5.91. The van der Waals surface area contributed by atoms with Gasteiger partial charge in [-0.05, 0) is 26.0 Å². The van der Waals surface area contributed by atoms with Gasteiger partial charge in [0.25, 0.3) is 0 Å². The summed E-state index contributed by atoms with van der Waals surface area (Å²) in [6.07, 6.45) is 0. The van der Waals surface area contributed by atoms with E-state index in [0.717, 1.165) is 0 Å². The summed E-state index contributed by atoms with van der Waals surface area (Å²) in [5.41, 5.74) is 5.38. The fourth-order valence-electron chi connectivity index (χ4n) is 1.00. The molecule has 0 saturated carbocycles. The maximum absolute atomic E-state index is 11.6. The quantitative estimate of drug-likeness (QED) is 0.740. The fraction of sp³-hybridized carbons (Fsp3) is 0.300. The lowest BCUT2D eigenvalue weighted by molar-refractivity contribution is 0.0913. The Labute approximate surface area is 82.7 Å². The monoisotopic (exact) mass is 197 g/mol. The number of rotatable bonds is 2. The Hall–Kier alpha value is -0.860. The van der Waals surface area contributed by atoms with Crippen molar-refractivity contribution in [1.29, 1.82) is 0 Å². The molecule has 1 rings (SSSR count). The van der Waals surface area contributed by atoms with Crippen molar-refractivity contribution < 1.29 is 4.79 Å². The van der Waals surface area contributed by atoms with Gasteiger partial charge in [-0.1, -0.05) is 23.7 Å². The molecule has 13 heavy (non-hydrogen) atoms. The third kappa shape index (κ3) is 2.54. The number of Topliss-reactive ketones (excluding diaryl/α,β-unsaturated/α-hetero) is 1. The highest BCUT2D eigenvalue weighted by Gasteiger charge is 2.23. The number of carbonyl (C=O) groups is 1. The zero-order valence-electron chi connectivity index (χ0n) is 7.67. The molecule has 3 heteroatoms. The van der Waals surface area contributed by atoms with Gasteiger partial charge in [-0.3, -0.25) is 4.79 Å². The van der Waals surface area contributed by atoms with E-state index in [4.69, 9.17) is 17.3 Å². The van der Waals surface area contributed by atoms with Crippen LogP contribution in [0.2, 0.25) is 5.02 Å². The summed E-state index contributed by atoms with van der Waals surface area (Å²) < 4.78 is 0.